The van der Waals surface area contributed by atoms with Gasteiger partial charge in [-0.05, 0) is 55.7 Å². The first-order valence-corrected chi connectivity index (χ1v) is 12.5. The van der Waals surface area contributed by atoms with Crippen LogP contribution in [0.1, 0.15) is 116 Å². The third-order valence-corrected chi connectivity index (χ3v) is 5.62. The number of carbonyl (C=O) groups excluding carboxylic acids is 1. The van der Waals surface area contributed by atoms with Crippen LogP contribution in [-0.4, -0.2) is 23.4 Å². The van der Waals surface area contributed by atoms with Gasteiger partial charge in [-0.2, -0.15) is 0 Å². The number of hydrogen-bond acceptors (Lipinski definition) is 1. The number of rotatable bonds is 9. The second kappa shape index (κ2) is 17.5. The molecule has 1 atom stereocenters. The fourth-order valence-corrected chi connectivity index (χ4v) is 3.94. The number of fused-ring (bicyclic) bond motifs is 1. The Morgan fingerprint density at radius 3 is 2.14 bits per heavy atom. The Balaban J connectivity index is 0.000000841. The van der Waals surface area contributed by atoms with Gasteiger partial charge in [0, 0.05) is 19.0 Å². The average molecular weight is 404 g/mol. The molecule has 0 heterocycles. The summed E-state index contributed by atoms with van der Waals surface area (Å²) in [4.78, 5) is 14.7. The predicted molar refractivity (Wildman–Crippen MR) is 130 cm³/mol. The van der Waals surface area contributed by atoms with E-state index in [1.54, 1.807) is 0 Å². The minimum Gasteiger partial charge on any atom is -0.339 e. The molecule has 0 spiro atoms. The van der Waals surface area contributed by atoms with Gasteiger partial charge in [-0.3, -0.25) is 4.79 Å². The lowest BCUT2D eigenvalue weighted by Gasteiger charge is -2.36. The van der Waals surface area contributed by atoms with Crippen LogP contribution in [0.25, 0.3) is 0 Å². The van der Waals surface area contributed by atoms with Gasteiger partial charge in [0.1, 0.15) is 0 Å². The highest BCUT2D eigenvalue weighted by Crippen LogP contribution is 2.27. The summed E-state index contributed by atoms with van der Waals surface area (Å²) in [6.07, 6.45) is 12.7. The number of benzene rings is 1. The third kappa shape index (κ3) is 10.3. The third-order valence-electron chi connectivity index (χ3n) is 5.62. The van der Waals surface area contributed by atoms with Crippen LogP contribution in [-0.2, 0) is 17.6 Å². The van der Waals surface area contributed by atoms with Crippen molar-refractivity contribution in [3.05, 3.63) is 34.9 Å². The topological polar surface area (TPSA) is 20.3 Å². The Kier molecular flexibility index (Phi) is 16.7. The number of carbonyl (C=O) groups is 1. The molecule has 2 nitrogen and oxygen atoms in total. The van der Waals surface area contributed by atoms with Crippen LogP contribution in [0, 0.1) is 6.92 Å². The molecule has 0 radical (unpaired) electrons. The number of amides is 1. The lowest BCUT2D eigenvalue weighted by Crippen LogP contribution is -2.44. The van der Waals surface area contributed by atoms with Crippen LogP contribution in [0.3, 0.4) is 0 Å². The van der Waals surface area contributed by atoms with E-state index < -0.39 is 0 Å². The quantitative estimate of drug-likeness (QED) is 0.384. The average Bonchev–Trinajstić information content (AvgIpc) is 2.76. The van der Waals surface area contributed by atoms with Crippen molar-refractivity contribution in [3.63, 3.8) is 0 Å². The normalized spacial score (nSPS) is 14.7. The number of aryl methyl sites for hydroxylation is 2. The van der Waals surface area contributed by atoms with Crippen molar-refractivity contribution in [1.82, 2.24) is 4.90 Å². The summed E-state index contributed by atoms with van der Waals surface area (Å²) in [5.74, 6) is 0.362. The van der Waals surface area contributed by atoms with E-state index in [0.29, 0.717) is 18.4 Å². The minimum atomic E-state index is 0.362. The van der Waals surface area contributed by atoms with Crippen LogP contribution >= 0.6 is 0 Å². The minimum absolute atomic E-state index is 0.362. The van der Waals surface area contributed by atoms with Crippen molar-refractivity contribution in [2.75, 3.05) is 6.54 Å². The molecule has 0 saturated carbocycles. The van der Waals surface area contributed by atoms with Crippen molar-refractivity contribution in [2.45, 2.75) is 125 Å². The fraction of sp³-hybridized carbons (Fsp3) is 0.741. The van der Waals surface area contributed by atoms with Crippen LogP contribution in [0.2, 0.25) is 0 Å². The molecule has 0 bridgehead atoms. The highest BCUT2D eigenvalue weighted by atomic mass is 16.2. The molecule has 1 unspecified atom stereocenters. The molecule has 0 aliphatic heterocycles. The Hall–Kier alpha value is -1.31. The smallest absolute Gasteiger partial charge is 0.222 e. The van der Waals surface area contributed by atoms with Gasteiger partial charge in [0.05, 0.1) is 0 Å². The first-order chi connectivity index (χ1) is 14.1. The van der Waals surface area contributed by atoms with Gasteiger partial charge in [-0.25, -0.2) is 0 Å². The molecule has 168 valence electrons. The van der Waals surface area contributed by atoms with Gasteiger partial charge in [0.25, 0.3) is 0 Å². The summed E-state index contributed by atoms with van der Waals surface area (Å²) in [6.45, 7) is 15.9. The van der Waals surface area contributed by atoms with E-state index in [1.165, 1.54) is 42.4 Å². The molecule has 1 aromatic carbocycles. The summed E-state index contributed by atoms with van der Waals surface area (Å²) >= 11 is 0. The Morgan fingerprint density at radius 1 is 0.966 bits per heavy atom. The fourth-order valence-electron chi connectivity index (χ4n) is 3.94. The van der Waals surface area contributed by atoms with Gasteiger partial charge in [0.15, 0.2) is 0 Å². The summed E-state index contributed by atoms with van der Waals surface area (Å²) in [7, 11) is 0. The highest BCUT2D eigenvalue weighted by Gasteiger charge is 2.27. The Morgan fingerprint density at radius 2 is 1.59 bits per heavy atom. The van der Waals surface area contributed by atoms with Gasteiger partial charge in [0.2, 0.25) is 5.91 Å². The van der Waals surface area contributed by atoms with Crippen LogP contribution in [0.4, 0.5) is 0 Å². The Bertz CT molecular complexity index is 533. The molecule has 1 amide bonds. The van der Waals surface area contributed by atoms with E-state index in [9.17, 15) is 4.79 Å². The Labute approximate surface area is 182 Å². The largest absolute Gasteiger partial charge is 0.339 e. The second-order valence-electron chi connectivity index (χ2n) is 8.01. The van der Waals surface area contributed by atoms with E-state index in [2.05, 4.69) is 57.7 Å². The molecule has 0 aromatic heterocycles. The van der Waals surface area contributed by atoms with Crippen molar-refractivity contribution in [1.29, 1.82) is 0 Å². The van der Waals surface area contributed by atoms with Gasteiger partial charge >= 0.3 is 0 Å². The van der Waals surface area contributed by atoms with Crippen molar-refractivity contribution >= 4 is 5.91 Å². The summed E-state index contributed by atoms with van der Waals surface area (Å²) < 4.78 is 0. The second-order valence-corrected chi connectivity index (χ2v) is 8.01. The zero-order valence-corrected chi connectivity index (χ0v) is 20.7. The molecule has 1 aromatic rings. The molecule has 2 heteroatoms. The maximum atomic E-state index is 12.5. The number of unbranched alkanes of at least 4 members (excludes halogenated alkanes) is 4. The van der Waals surface area contributed by atoms with E-state index in [4.69, 9.17) is 0 Å². The SMILES string of the molecule is CC.CCCCC(=O)N(CCC)C1CCc2cccc(C)c2C1.CCCCCC. The molecular weight excluding hydrogens is 354 g/mol. The molecule has 0 fully saturated rings. The highest BCUT2D eigenvalue weighted by molar-refractivity contribution is 5.76. The van der Waals surface area contributed by atoms with Gasteiger partial charge in [-0.15, -0.1) is 0 Å². The maximum absolute atomic E-state index is 12.5. The molecule has 29 heavy (non-hydrogen) atoms. The van der Waals surface area contributed by atoms with E-state index in [0.717, 1.165) is 45.1 Å². The van der Waals surface area contributed by atoms with Crippen LogP contribution in [0.15, 0.2) is 18.2 Å². The molecule has 0 saturated heterocycles. The van der Waals surface area contributed by atoms with E-state index in [-0.39, 0.29) is 0 Å². The lowest BCUT2D eigenvalue weighted by atomic mass is 9.85. The summed E-state index contributed by atoms with van der Waals surface area (Å²) in [6, 6.07) is 7.01. The standard InChI is InChI=1S/C19H29NO.C6H14.C2H6/c1-4-6-10-19(21)20(13-5-2)17-12-11-16-9-7-8-15(3)18(16)14-17;1-3-5-6-4-2;1-2/h7-9,17H,4-6,10-14H2,1-3H3;3-6H2,1-2H3;1-2H3. The number of nitrogens with zero attached hydrogens (tertiary/aromatic N) is 1. The maximum Gasteiger partial charge on any atom is 0.222 e. The first kappa shape index (κ1) is 27.7. The zero-order valence-electron chi connectivity index (χ0n) is 20.7. The van der Waals surface area contributed by atoms with Crippen molar-refractivity contribution < 1.29 is 4.79 Å². The predicted octanol–water partition coefficient (Wildman–Crippen LogP) is 7.89. The summed E-state index contributed by atoms with van der Waals surface area (Å²) in [5.41, 5.74) is 4.36. The molecule has 0 N–H and O–H groups in total. The first-order valence-electron chi connectivity index (χ1n) is 12.5. The van der Waals surface area contributed by atoms with Crippen LogP contribution in [0.5, 0.6) is 0 Å². The van der Waals surface area contributed by atoms with Crippen molar-refractivity contribution in [3.8, 4) is 0 Å². The number of hydrogen-bond donors (Lipinski definition) is 0. The monoisotopic (exact) mass is 403 g/mol. The lowest BCUT2D eigenvalue weighted by molar-refractivity contribution is -0.134. The van der Waals surface area contributed by atoms with E-state index >= 15 is 0 Å². The van der Waals surface area contributed by atoms with Gasteiger partial charge < -0.3 is 4.90 Å². The summed E-state index contributed by atoms with van der Waals surface area (Å²) in [5, 5.41) is 0. The van der Waals surface area contributed by atoms with Gasteiger partial charge in [-0.1, -0.05) is 91.8 Å². The molecule has 2 rings (SSSR count). The van der Waals surface area contributed by atoms with E-state index in [1.807, 2.05) is 13.8 Å². The van der Waals surface area contributed by atoms with Crippen LogP contribution < -0.4 is 0 Å². The molecule has 1 aliphatic rings. The molecule has 1 aliphatic carbocycles. The van der Waals surface area contributed by atoms with Crippen molar-refractivity contribution in [2.24, 2.45) is 0 Å². The zero-order chi connectivity index (χ0) is 22.1. The molecular formula is C27H49NO.